The summed E-state index contributed by atoms with van der Waals surface area (Å²) in [7, 11) is 0. The van der Waals surface area contributed by atoms with Crippen LogP contribution in [0.4, 0.5) is 11.4 Å². The Labute approximate surface area is 174 Å². The smallest absolute Gasteiger partial charge is 0.271 e. The molecule has 1 saturated heterocycles. The maximum Gasteiger partial charge on any atom is 0.271 e. The van der Waals surface area contributed by atoms with Crippen LogP contribution in [-0.4, -0.2) is 28.0 Å². The van der Waals surface area contributed by atoms with Gasteiger partial charge >= 0.3 is 0 Å². The number of hydrogen-bond acceptors (Lipinski definition) is 7. The van der Waals surface area contributed by atoms with Crippen LogP contribution in [0.3, 0.4) is 0 Å². The van der Waals surface area contributed by atoms with Gasteiger partial charge in [0.05, 0.1) is 27.8 Å². The molecule has 4 rings (SSSR count). The molecule has 2 aromatic rings. The lowest BCUT2D eigenvalue weighted by atomic mass is 10.1. The zero-order valence-electron chi connectivity index (χ0n) is 14.9. The summed E-state index contributed by atoms with van der Waals surface area (Å²) in [5.74, 6) is -3.00. The molecule has 2 aliphatic heterocycles. The molecule has 2 aromatic carbocycles. The molecule has 0 radical (unpaired) electrons. The molecular weight excluding hydrogens is 412 g/mol. The van der Waals surface area contributed by atoms with Crippen LogP contribution in [-0.2, 0) is 14.4 Å². The first-order valence-electron chi connectivity index (χ1n) is 8.37. The molecule has 1 fully saturated rings. The molecule has 7 nitrogen and oxygen atoms in total. The average Bonchev–Trinajstić information content (AvgIpc) is 3.13. The number of imide groups is 1. The van der Waals surface area contributed by atoms with Crippen LogP contribution in [0.1, 0.15) is 22.8 Å². The number of carbonyl (C=O) groups excluding carboxylic acids is 4. The van der Waals surface area contributed by atoms with E-state index in [1.165, 1.54) is 36.1 Å². The number of anilines is 2. The molecule has 2 aliphatic rings. The predicted molar refractivity (Wildman–Crippen MR) is 110 cm³/mol. The number of aromatic carboxylic acids is 1. The largest absolute Gasteiger partial charge is 0.545 e. The highest BCUT2D eigenvalue weighted by Gasteiger charge is 2.43. The summed E-state index contributed by atoms with van der Waals surface area (Å²) in [6.45, 7) is 1.27. The summed E-state index contributed by atoms with van der Waals surface area (Å²) < 4.78 is 0.152. The van der Waals surface area contributed by atoms with Gasteiger partial charge in [-0.25, -0.2) is 4.90 Å². The Balaban J connectivity index is 1.84. The zero-order valence-corrected chi connectivity index (χ0v) is 16.5. The van der Waals surface area contributed by atoms with Crippen LogP contribution >= 0.6 is 24.0 Å². The van der Waals surface area contributed by atoms with Crippen LogP contribution in [0.25, 0.3) is 5.57 Å². The number of benzene rings is 2. The SMILES string of the molecule is CC(=O)N1C(=O)C(=C2SC(=S)N(c3cccc(C(=O)[O-])c3)C2=O)c2ccccc21. The lowest BCUT2D eigenvalue weighted by Crippen LogP contribution is -2.32. The van der Waals surface area contributed by atoms with Crippen LogP contribution in [0.15, 0.2) is 53.4 Å². The standard InChI is InChI=1S/C20H12N2O5S2/c1-10(23)21-14-8-3-2-7-13(14)15(17(21)24)16-18(25)22(20(28)29-16)12-6-4-5-11(9-12)19(26)27/h2-9H,1H3,(H,26,27)/p-1. The Morgan fingerprint density at radius 1 is 1.03 bits per heavy atom. The predicted octanol–water partition coefficient (Wildman–Crippen LogP) is 1.72. The minimum atomic E-state index is -1.38. The van der Waals surface area contributed by atoms with Crippen molar-refractivity contribution in [1.29, 1.82) is 0 Å². The van der Waals surface area contributed by atoms with E-state index in [2.05, 4.69) is 0 Å². The maximum absolute atomic E-state index is 13.2. The van der Waals surface area contributed by atoms with Crippen molar-refractivity contribution < 1.29 is 24.3 Å². The van der Waals surface area contributed by atoms with E-state index in [4.69, 9.17) is 12.2 Å². The lowest BCUT2D eigenvalue weighted by molar-refractivity contribution is -0.255. The van der Waals surface area contributed by atoms with E-state index in [1.807, 2.05) is 0 Å². The van der Waals surface area contributed by atoms with Crippen molar-refractivity contribution in [1.82, 2.24) is 0 Å². The lowest BCUT2D eigenvalue weighted by Gasteiger charge is -2.16. The molecule has 0 aromatic heterocycles. The molecule has 0 aliphatic carbocycles. The number of carboxylic acid groups (broad SMARTS) is 1. The summed E-state index contributed by atoms with van der Waals surface area (Å²) in [5.41, 5.74) is 1.13. The Bertz CT molecular complexity index is 1170. The third-order valence-corrected chi connectivity index (χ3v) is 5.86. The van der Waals surface area contributed by atoms with Crippen LogP contribution in [0.2, 0.25) is 0 Å². The van der Waals surface area contributed by atoms with E-state index in [9.17, 15) is 24.3 Å². The topological polar surface area (TPSA) is 97.8 Å². The first-order chi connectivity index (χ1) is 13.8. The van der Waals surface area contributed by atoms with Gasteiger partial charge in [-0.1, -0.05) is 54.3 Å². The normalized spacial score (nSPS) is 18.4. The number of para-hydroxylation sites is 1. The third kappa shape index (κ3) is 2.95. The fraction of sp³-hybridized carbons (Fsp3) is 0.0500. The van der Waals surface area contributed by atoms with E-state index in [-0.39, 0.29) is 26.0 Å². The molecule has 0 saturated carbocycles. The second-order valence-electron chi connectivity index (χ2n) is 6.23. The van der Waals surface area contributed by atoms with Gasteiger partial charge in [-0.2, -0.15) is 0 Å². The molecule has 0 atom stereocenters. The fourth-order valence-electron chi connectivity index (χ4n) is 3.26. The van der Waals surface area contributed by atoms with Gasteiger partial charge in [-0.3, -0.25) is 19.3 Å². The number of fused-ring (bicyclic) bond motifs is 1. The number of carbonyl (C=O) groups is 4. The highest BCUT2D eigenvalue weighted by Crippen LogP contribution is 2.45. The first-order valence-corrected chi connectivity index (χ1v) is 9.60. The number of thioether (sulfide) groups is 1. The average molecular weight is 423 g/mol. The van der Waals surface area contributed by atoms with Crippen molar-refractivity contribution in [3.8, 4) is 0 Å². The minimum Gasteiger partial charge on any atom is -0.545 e. The van der Waals surface area contributed by atoms with E-state index in [1.54, 1.807) is 24.3 Å². The van der Waals surface area contributed by atoms with Gasteiger partial charge in [-0.05, 0) is 23.8 Å². The number of amides is 3. The van der Waals surface area contributed by atoms with Gasteiger partial charge < -0.3 is 9.90 Å². The highest BCUT2D eigenvalue weighted by molar-refractivity contribution is 8.27. The Morgan fingerprint density at radius 3 is 2.45 bits per heavy atom. The summed E-state index contributed by atoms with van der Waals surface area (Å²) in [6, 6.07) is 12.3. The monoisotopic (exact) mass is 423 g/mol. The van der Waals surface area contributed by atoms with Crippen LogP contribution < -0.4 is 14.9 Å². The van der Waals surface area contributed by atoms with Crippen LogP contribution in [0, 0.1) is 0 Å². The van der Waals surface area contributed by atoms with E-state index in [0.29, 0.717) is 11.3 Å². The van der Waals surface area contributed by atoms with Crippen molar-refractivity contribution in [2.75, 3.05) is 9.80 Å². The van der Waals surface area contributed by atoms with E-state index in [0.717, 1.165) is 16.7 Å². The molecule has 9 heteroatoms. The van der Waals surface area contributed by atoms with Gasteiger partial charge in [0.2, 0.25) is 5.91 Å². The number of hydrogen-bond donors (Lipinski definition) is 0. The first kappa shape index (κ1) is 19.0. The molecule has 2 heterocycles. The van der Waals surface area contributed by atoms with Crippen molar-refractivity contribution in [2.24, 2.45) is 0 Å². The Kier molecular flexibility index (Phi) is 4.56. The highest BCUT2D eigenvalue weighted by atomic mass is 32.2. The molecule has 0 N–H and O–H groups in total. The minimum absolute atomic E-state index is 0.0926. The van der Waals surface area contributed by atoms with Crippen molar-refractivity contribution >= 4 is 68.9 Å². The number of nitrogens with zero attached hydrogens (tertiary/aromatic N) is 2. The number of thiocarbonyl (C=S) groups is 1. The van der Waals surface area contributed by atoms with Gasteiger partial charge in [0.15, 0.2) is 4.32 Å². The summed E-state index contributed by atoms with van der Waals surface area (Å²) in [4.78, 5) is 51.5. The van der Waals surface area contributed by atoms with Crippen LogP contribution in [0.5, 0.6) is 0 Å². The molecule has 29 heavy (non-hydrogen) atoms. The summed E-state index contributed by atoms with van der Waals surface area (Å²) in [5, 5.41) is 11.1. The Morgan fingerprint density at radius 2 is 1.76 bits per heavy atom. The summed E-state index contributed by atoms with van der Waals surface area (Å²) >= 11 is 6.25. The molecule has 144 valence electrons. The van der Waals surface area contributed by atoms with Crippen molar-refractivity contribution in [2.45, 2.75) is 6.92 Å². The molecule has 3 amide bonds. The van der Waals surface area contributed by atoms with E-state index < -0.39 is 23.7 Å². The Hall–Kier alpha value is -3.30. The molecule has 0 spiro atoms. The number of carboxylic acids is 1. The zero-order chi connectivity index (χ0) is 20.9. The second-order valence-corrected chi connectivity index (χ2v) is 7.87. The molecular formula is C20H11N2O5S2-. The summed E-state index contributed by atoms with van der Waals surface area (Å²) in [6.07, 6.45) is 0. The van der Waals surface area contributed by atoms with Gasteiger partial charge in [0.1, 0.15) is 0 Å². The molecule has 0 unspecified atom stereocenters. The second kappa shape index (κ2) is 6.94. The van der Waals surface area contributed by atoms with Crippen molar-refractivity contribution in [3.63, 3.8) is 0 Å². The molecule has 0 bridgehead atoms. The fourth-order valence-corrected chi connectivity index (χ4v) is 4.63. The van der Waals surface area contributed by atoms with Gasteiger partial charge in [0, 0.05) is 12.5 Å². The number of rotatable bonds is 2. The van der Waals surface area contributed by atoms with Gasteiger partial charge in [-0.15, -0.1) is 0 Å². The maximum atomic E-state index is 13.2. The quantitative estimate of drug-likeness (QED) is 0.536. The van der Waals surface area contributed by atoms with Crippen molar-refractivity contribution in [3.05, 3.63) is 64.6 Å². The van der Waals surface area contributed by atoms with E-state index >= 15 is 0 Å². The van der Waals surface area contributed by atoms with Gasteiger partial charge in [0.25, 0.3) is 11.8 Å². The third-order valence-electron chi connectivity index (χ3n) is 4.48.